The average Bonchev–Trinajstić information content (AvgIpc) is 3.44. The lowest BCUT2D eigenvalue weighted by Crippen LogP contribution is -2.57. The topological polar surface area (TPSA) is 113 Å². The van der Waals surface area contributed by atoms with Gasteiger partial charge in [0, 0.05) is 6.42 Å². The third-order valence-electron chi connectivity index (χ3n) is 7.21. The predicted molar refractivity (Wildman–Crippen MR) is 136 cm³/mol. The molecule has 4 unspecified atom stereocenters. The van der Waals surface area contributed by atoms with Crippen molar-refractivity contribution in [1.82, 2.24) is 10.2 Å². The molecule has 0 heterocycles. The lowest BCUT2D eigenvalue weighted by Gasteiger charge is -2.39. The Hall–Kier alpha value is -3.49. The fourth-order valence-corrected chi connectivity index (χ4v) is 5.45. The van der Waals surface area contributed by atoms with Crippen molar-refractivity contribution in [2.24, 2.45) is 0 Å². The van der Waals surface area contributed by atoms with E-state index in [0.717, 1.165) is 27.8 Å². The van der Waals surface area contributed by atoms with E-state index < -0.39 is 42.7 Å². The van der Waals surface area contributed by atoms with Crippen LogP contribution in [0.4, 0.5) is 4.79 Å². The zero-order valence-electron chi connectivity index (χ0n) is 19.7. The van der Waals surface area contributed by atoms with Gasteiger partial charge in [-0.25, -0.2) is 4.79 Å². The first-order valence-electron chi connectivity index (χ1n) is 12.1. The van der Waals surface area contributed by atoms with Crippen LogP contribution in [0, 0.1) is 0 Å². The number of fused-ring (bicyclic) bond motifs is 2. The zero-order valence-corrected chi connectivity index (χ0v) is 19.7. The lowest BCUT2D eigenvalue weighted by atomic mass is 9.95. The highest BCUT2D eigenvalue weighted by Crippen LogP contribution is 2.36. The molecule has 1 amide bonds. The van der Waals surface area contributed by atoms with Crippen molar-refractivity contribution in [2.75, 3.05) is 0 Å². The van der Waals surface area contributed by atoms with E-state index in [4.69, 9.17) is 0 Å². The van der Waals surface area contributed by atoms with Crippen LogP contribution in [0.15, 0.2) is 84.9 Å². The van der Waals surface area contributed by atoms with E-state index in [0.29, 0.717) is 6.42 Å². The predicted octanol–water partition coefficient (Wildman–Crippen LogP) is 3.27. The number of nitrogens with one attached hydrogen (secondary N) is 1. The number of aliphatic hydroxyl groups excluding tert-OH is 3. The van der Waals surface area contributed by atoms with Gasteiger partial charge in [-0.05, 0) is 34.2 Å². The normalized spacial score (nSPS) is 22.5. The quantitative estimate of drug-likeness (QED) is 0.313. The summed E-state index contributed by atoms with van der Waals surface area (Å²) in [6, 6.07) is 22.3. The van der Waals surface area contributed by atoms with Crippen LogP contribution in [-0.2, 0) is 12.8 Å². The van der Waals surface area contributed by atoms with E-state index >= 15 is 0 Å². The molecule has 0 aromatic heterocycles. The molecule has 0 aliphatic heterocycles. The summed E-state index contributed by atoms with van der Waals surface area (Å²) in [4.78, 5) is 13.9. The second-order valence-corrected chi connectivity index (χ2v) is 9.43. The van der Waals surface area contributed by atoms with Gasteiger partial charge in [0.15, 0.2) is 0 Å². The van der Waals surface area contributed by atoms with Crippen molar-refractivity contribution in [3.05, 3.63) is 113 Å². The van der Waals surface area contributed by atoms with Gasteiger partial charge in [-0.3, -0.25) is 10.2 Å². The standard InChI is InChI=1S/C29H30N2O5/c32-25-17-20-11-5-7-13-22(20)26(25)30-28(34)27(33)24(16-18-8-2-1-3-9-18)31(29(35)36)23-15-14-19-10-4-6-12-21(19)23/h1-15,23-28,30,32-34H,16-17H2,(H,35,36)/t23?,24?,25-,26+,27?,28?/m0/s1. The number of aliphatic hydroxyl groups is 3. The van der Waals surface area contributed by atoms with Gasteiger partial charge >= 0.3 is 6.09 Å². The van der Waals surface area contributed by atoms with Crippen molar-refractivity contribution in [1.29, 1.82) is 0 Å². The molecule has 3 aromatic rings. The van der Waals surface area contributed by atoms with Crippen LogP contribution in [0.25, 0.3) is 6.08 Å². The maximum absolute atomic E-state index is 12.7. The lowest BCUT2D eigenvalue weighted by molar-refractivity contribution is -0.0633. The third-order valence-corrected chi connectivity index (χ3v) is 7.21. The van der Waals surface area contributed by atoms with E-state index in [9.17, 15) is 25.2 Å². The van der Waals surface area contributed by atoms with Crippen LogP contribution in [0.2, 0.25) is 0 Å². The number of rotatable bonds is 8. The molecule has 5 rings (SSSR count). The molecule has 186 valence electrons. The van der Waals surface area contributed by atoms with Gasteiger partial charge in [0.2, 0.25) is 0 Å². The summed E-state index contributed by atoms with van der Waals surface area (Å²) < 4.78 is 0. The van der Waals surface area contributed by atoms with Crippen LogP contribution in [0.3, 0.4) is 0 Å². The second-order valence-electron chi connectivity index (χ2n) is 9.43. The number of hydrogen-bond donors (Lipinski definition) is 5. The third kappa shape index (κ3) is 4.66. The van der Waals surface area contributed by atoms with Gasteiger partial charge in [0.1, 0.15) is 12.3 Å². The Bertz CT molecular complexity index is 1250. The molecule has 2 aliphatic rings. The maximum Gasteiger partial charge on any atom is 0.408 e. The number of carboxylic acid groups (broad SMARTS) is 1. The molecular weight excluding hydrogens is 456 g/mol. The number of hydrogen-bond acceptors (Lipinski definition) is 5. The molecule has 0 saturated heterocycles. The molecule has 0 saturated carbocycles. The Morgan fingerprint density at radius 3 is 2.36 bits per heavy atom. The summed E-state index contributed by atoms with van der Waals surface area (Å²) in [6.07, 6.45) is -0.590. The van der Waals surface area contributed by atoms with Gasteiger partial charge in [-0.1, -0.05) is 91.0 Å². The Balaban J connectivity index is 1.45. The summed E-state index contributed by atoms with van der Waals surface area (Å²) in [6.45, 7) is 0. The molecule has 5 N–H and O–H groups in total. The zero-order chi connectivity index (χ0) is 25.2. The van der Waals surface area contributed by atoms with Crippen molar-refractivity contribution in [3.8, 4) is 0 Å². The molecular formula is C29H30N2O5. The van der Waals surface area contributed by atoms with E-state index in [1.54, 1.807) is 6.08 Å². The SMILES string of the molecule is O=C(O)N(C1C=Cc2ccccc21)C(Cc1ccccc1)C(O)C(O)N[C@@H]1c2ccccc2C[C@@H]1O. The van der Waals surface area contributed by atoms with E-state index in [2.05, 4.69) is 5.32 Å². The highest BCUT2D eigenvalue weighted by Gasteiger charge is 2.41. The number of nitrogens with zero attached hydrogens (tertiary/aromatic N) is 1. The molecule has 3 aromatic carbocycles. The molecule has 0 radical (unpaired) electrons. The smallest absolute Gasteiger partial charge is 0.408 e. The Kier molecular flexibility index (Phi) is 6.89. The molecule has 0 fully saturated rings. The first kappa shape index (κ1) is 24.2. The minimum absolute atomic E-state index is 0.198. The van der Waals surface area contributed by atoms with Gasteiger partial charge < -0.3 is 20.4 Å². The van der Waals surface area contributed by atoms with Crippen LogP contribution >= 0.6 is 0 Å². The van der Waals surface area contributed by atoms with Gasteiger partial charge in [-0.2, -0.15) is 0 Å². The average molecular weight is 487 g/mol. The van der Waals surface area contributed by atoms with Crippen molar-refractivity contribution in [2.45, 2.75) is 49.4 Å². The summed E-state index contributed by atoms with van der Waals surface area (Å²) in [7, 11) is 0. The molecule has 0 bridgehead atoms. The van der Waals surface area contributed by atoms with E-state index in [1.807, 2.05) is 84.9 Å². The molecule has 7 heteroatoms. The van der Waals surface area contributed by atoms with Crippen molar-refractivity contribution >= 4 is 12.2 Å². The maximum atomic E-state index is 12.7. The highest BCUT2D eigenvalue weighted by atomic mass is 16.4. The van der Waals surface area contributed by atoms with E-state index in [-0.39, 0.29) is 6.42 Å². The molecule has 7 nitrogen and oxygen atoms in total. The van der Waals surface area contributed by atoms with E-state index in [1.165, 1.54) is 4.90 Å². The van der Waals surface area contributed by atoms with Crippen LogP contribution in [-0.4, -0.2) is 55.9 Å². The number of benzene rings is 3. The highest BCUT2D eigenvalue weighted by molar-refractivity contribution is 5.71. The molecule has 2 aliphatic carbocycles. The van der Waals surface area contributed by atoms with Crippen LogP contribution in [0.5, 0.6) is 0 Å². The first-order chi connectivity index (χ1) is 17.4. The van der Waals surface area contributed by atoms with Crippen LogP contribution < -0.4 is 5.32 Å². The number of carbonyl (C=O) groups is 1. The fourth-order valence-electron chi connectivity index (χ4n) is 5.45. The fraction of sp³-hybridized carbons (Fsp3) is 0.276. The Morgan fingerprint density at radius 1 is 0.944 bits per heavy atom. The first-order valence-corrected chi connectivity index (χ1v) is 12.1. The minimum atomic E-state index is -1.48. The largest absolute Gasteiger partial charge is 0.465 e. The summed E-state index contributed by atoms with van der Waals surface area (Å²) >= 11 is 0. The van der Waals surface area contributed by atoms with Crippen molar-refractivity contribution in [3.63, 3.8) is 0 Å². The van der Waals surface area contributed by atoms with Crippen molar-refractivity contribution < 1.29 is 25.2 Å². The summed E-state index contributed by atoms with van der Waals surface area (Å²) in [5, 5.41) is 46.5. The van der Waals surface area contributed by atoms with Crippen LogP contribution in [0.1, 0.15) is 39.9 Å². The summed E-state index contributed by atoms with van der Waals surface area (Å²) in [5.74, 6) is 0. The van der Waals surface area contributed by atoms with Gasteiger partial charge in [-0.15, -0.1) is 0 Å². The summed E-state index contributed by atoms with van der Waals surface area (Å²) in [5.41, 5.74) is 4.42. The second kappa shape index (κ2) is 10.2. The molecule has 36 heavy (non-hydrogen) atoms. The molecule has 0 spiro atoms. The Morgan fingerprint density at radius 2 is 1.61 bits per heavy atom. The molecule has 6 atom stereocenters. The Labute approximate surface area is 210 Å². The monoisotopic (exact) mass is 486 g/mol. The minimum Gasteiger partial charge on any atom is -0.465 e. The number of amides is 1. The van der Waals surface area contributed by atoms with Gasteiger partial charge in [0.25, 0.3) is 0 Å². The van der Waals surface area contributed by atoms with Gasteiger partial charge in [0.05, 0.1) is 24.2 Å².